The Morgan fingerprint density at radius 1 is 1.08 bits per heavy atom. The average molecular weight is 517 g/mol. The number of aromatic hydroxyl groups is 1. The van der Waals surface area contributed by atoms with Crippen molar-refractivity contribution in [3.63, 3.8) is 0 Å². The van der Waals surface area contributed by atoms with Crippen molar-refractivity contribution in [1.29, 1.82) is 5.26 Å². The lowest BCUT2D eigenvalue weighted by atomic mass is 9.99. The molecular formula is C27H24N4O5S. The van der Waals surface area contributed by atoms with E-state index in [1.165, 1.54) is 0 Å². The molecule has 188 valence electrons. The number of anilines is 1. The van der Waals surface area contributed by atoms with Crippen molar-refractivity contribution < 1.29 is 23.1 Å². The number of aromatic amines is 1. The van der Waals surface area contributed by atoms with Gasteiger partial charge in [0.2, 0.25) is 10.0 Å². The van der Waals surface area contributed by atoms with Crippen LogP contribution in [0.5, 0.6) is 5.88 Å². The molecule has 9 nitrogen and oxygen atoms in total. The van der Waals surface area contributed by atoms with Gasteiger partial charge in [0.25, 0.3) is 0 Å². The van der Waals surface area contributed by atoms with Crippen molar-refractivity contribution in [2.75, 3.05) is 23.7 Å². The van der Waals surface area contributed by atoms with Gasteiger partial charge in [-0.05, 0) is 49.4 Å². The first kappa shape index (κ1) is 25.5. The summed E-state index contributed by atoms with van der Waals surface area (Å²) >= 11 is 0. The molecule has 0 radical (unpaired) electrons. The molecule has 10 heteroatoms. The van der Waals surface area contributed by atoms with Gasteiger partial charge in [0.15, 0.2) is 5.88 Å². The van der Waals surface area contributed by atoms with Crippen LogP contribution >= 0.6 is 0 Å². The number of ether oxygens (including phenoxy) is 1. The summed E-state index contributed by atoms with van der Waals surface area (Å²) in [6, 6.07) is 22.4. The molecule has 0 aliphatic heterocycles. The van der Waals surface area contributed by atoms with E-state index in [-0.39, 0.29) is 19.0 Å². The summed E-state index contributed by atoms with van der Waals surface area (Å²) in [5, 5.41) is 20.5. The predicted octanol–water partition coefficient (Wildman–Crippen LogP) is 4.51. The highest BCUT2D eigenvalue weighted by atomic mass is 32.2. The van der Waals surface area contributed by atoms with Crippen LogP contribution in [0.15, 0.2) is 77.8 Å². The summed E-state index contributed by atoms with van der Waals surface area (Å²) in [6.45, 7) is 1.65. The van der Waals surface area contributed by atoms with Crippen LogP contribution in [0.4, 0.5) is 11.4 Å². The van der Waals surface area contributed by atoms with E-state index in [0.29, 0.717) is 44.7 Å². The van der Waals surface area contributed by atoms with Crippen LogP contribution in [0.25, 0.3) is 10.9 Å². The Balaban J connectivity index is 1.86. The number of carbonyl (C=O) groups is 1. The zero-order valence-electron chi connectivity index (χ0n) is 20.2. The second kappa shape index (κ2) is 10.6. The van der Waals surface area contributed by atoms with Crippen molar-refractivity contribution in [3.8, 4) is 11.9 Å². The van der Waals surface area contributed by atoms with E-state index < -0.39 is 16.0 Å². The third-order valence-corrected chi connectivity index (χ3v) is 6.71. The second-order valence-corrected chi connectivity index (χ2v) is 10.0. The number of hydrogen-bond acceptors (Lipinski definition) is 7. The van der Waals surface area contributed by atoms with Crippen molar-refractivity contribution >= 4 is 44.0 Å². The number of nitrogens with one attached hydrogen (secondary N) is 1. The Labute approximate surface area is 214 Å². The van der Waals surface area contributed by atoms with Crippen molar-refractivity contribution in [2.24, 2.45) is 4.99 Å². The van der Waals surface area contributed by atoms with Gasteiger partial charge in [-0.1, -0.05) is 30.3 Å². The van der Waals surface area contributed by atoms with Gasteiger partial charge >= 0.3 is 5.97 Å². The summed E-state index contributed by atoms with van der Waals surface area (Å²) in [5.41, 5.74) is 3.33. The summed E-state index contributed by atoms with van der Waals surface area (Å²) in [7, 11) is -3.64. The van der Waals surface area contributed by atoms with E-state index in [1.807, 2.05) is 36.4 Å². The smallest absolute Gasteiger partial charge is 0.338 e. The molecule has 1 aromatic heterocycles. The number of aliphatic imine (C=N–C) groups is 1. The van der Waals surface area contributed by atoms with Gasteiger partial charge in [-0.3, -0.25) is 4.31 Å². The number of hydrogen-bond donors (Lipinski definition) is 2. The van der Waals surface area contributed by atoms with Crippen LogP contribution in [0, 0.1) is 11.3 Å². The average Bonchev–Trinajstić information content (AvgIpc) is 3.21. The fraction of sp³-hybridized carbons (Fsp3) is 0.148. The standard InChI is InChI=1S/C27H24N4O5S/c1-3-36-27(33)19-9-14-23-22(17-19)24(26(32)30-23)25(18-7-5-4-6-8-18)29-20-10-12-21(13-11-20)31(16-15-28)37(2,34)35/h4-14,17,30,32H,3,16H2,1-2H3. The highest BCUT2D eigenvalue weighted by molar-refractivity contribution is 7.92. The normalized spacial score (nSPS) is 11.8. The Morgan fingerprint density at radius 3 is 2.41 bits per heavy atom. The van der Waals surface area contributed by atoms with Gasteiger partial charge in [0, 0.05) is 16.5 Å². The predicted molar refractivity (Wildman–Crippen MR) is 142 cm³/mol. The van der Waals surface area contributed by atoms with Gasteiger partial charge < -0.3 is 14.8 Å². The van der Waals surface area contributed by atoms with Gasteiger partial charge in [0.05, 0.1) is 47.1 Å². The molecule has 0 saturated heterocycles. The highest BCUT2D eigenvalue weighted by Gasteiger charge is 2.21. The minimum Gasteiger partial charge on any atom is -0.494 e. The lowest BCUT2D eigenvalue weighted by molar-refractivity contribution is 0.0526. The third kappa shape index (κ3) is 5.47. The molecule has 1 heterocycles. The molecule has 0 atom stereocenters. The number of rotatable bonds is 8. The number of aromatic nitrogens is 1. The number of esters is 1. The number of nitrogens with zero attached hydrogens (tertiary/aromatic N) is 3. The van der Waals surface area contributed by atoms with Crippen LogP contribution in [-0.4, -0.2) is 49.6 Å². The van der Waals surface area contributed by atoms with Gasteiger partial charge in [-0.25, -0.2) is 18.2 Å². The molecule has 0 saturated carbocycles. The van der Waals surface area contributed by atoms with Crippen LogP contribution in [-0.2, 0) is 14.8 Å². The van der Waals surface area contributed by atoms with E-state index in [2.05, 4.69) is 4.98 Å². The monoisotopic (exact) mass is 516 g/mol. The maximum absolute atomic E-state index is 12.3. The van der Waals surface area contributed by atoms with Crippen LogP contribution in [0.1, 0.15) is 28.4 Å². The van der Waals surface area contributed by atoms with Gasteiger partial charge in [-0.2, -0.15) is 5.26 Å². The van der Waals surface area contributed by atoms with E-state index in [0.717, 1.165) is 10.6 Å². The lowest BCUT2D eigenvalue weighted by Gasteiger charge is -2.19. The summed E-state index contributed by atoms with van der Waals surface area (Å²) in [6.07, 6.45) is 1.04. The van der Waals surface area contributed by atoms with E-state index in [9.17, 15) is 18.3 Å². The van der Waals surface area contributed by atoms with Crippen LogP contribution < -0.4 is 4.31 Å². The Kier molecular flexibility index (Phi) is 7.27. The number of fused-ring (bicyclic) bond motifs is 1. The van der Waals surface area contributed by atoms with Crippen molar-refractivity contribution in [2.45, 2.75) is 6.92 Å². The number of H-pyrrole nitrogens is 1. The van der Waals surface area contributed by atoms with Crippen molar-refractivity contribution in [3.05, 3.63) is 89.5 Å². The molecule has 2 N–H and O–H groups in total. The number of sulfonamides is 1. The highest BCUT2D eigenvalue weighted by Crippen LogP contribution is 2.33. The molecule has 4 aromatic rings. The van der Waals surface area contributed by atoms with E-state index in [1.54, 1.807) is 49.4 Å². The van der Waals surface area contributed by atoms with Gasteiger partial charge in [0.1, 0.15) is 6.54 Å². The maximum Gasteiger partial charge on any atom is 0.338 e. The van der Waals surface area contributed by atoms with Gasteiger partial charge in [-0.15, -0.1) is 0 Å². The Bertz CT molecular complexity index is 1620. The molecule has 0 amide bonds. The Morgan fingerprint density at radius 2 is 1.78 bits per heavy atom. The first-order valence-corrected chi connectivity index (χ1v) is 13.2. The van der Waals surface area contributed by atoms with E-state index in [4.69, 9.17) is 15.0 Å². The summed E-state index contributed by atoms with van der Waals surface area (Å²) in [4.78, 5) is 20.1. The third-order valence-electron chi connectivity index (χ3n) is 5.57. The summed E-state index contributed by atoms with van der Waals surface area (Å²) < 4.78 is 30.3. The molecule has 0 aliphatic rings. The van der Waals surface area contributed by atoms with Crippen LogP contribution in [0.2, 0.25) is 0 Å². The zero-order chi connectivity index (χ0) is 26.6. The molecule has 4 rings (SSSR count). The molecular weight excluding hydrogens is 492 g/mol. The number of carbonyl (C=O) groups excluding carboxylic acids is 1. The van der Waals surface area contributed by atoms with Crippen LogP contribution in [0.3, 0.4) is 0 Å². The quantitative estimate of drug-likeness (QED) is 0.201. The molecule has 0 aliphatic carbocycles. The minimum atomic E-state index is -3.64. The number of benzene rings is 3. The lowest BCUT2D eigenvalue weighted by Crippen LogP contribution is -2.30. The SMILES string of the molecule is CCOC(=O)c1ccc2[nH]c(O)c(C(=Nc3ccc(N(CC#N)S(C)(=O)=O)cc3)c3ccccc3)c2c1. The summed E-state index contributed by atoms with van der Waals surface area (Å²) in [5.74, 6) is -0.592. The Hall–Kier alpha value is -4.62. The maximum atomic E-state index is 12.3. The fourth-order valence-electron chi connectivity index (χ4n) is 3.91. The topological polar surface area (TPSA) is 136 Å². The fourth-order valence-corrected chi connectivity index (χ4v) is 4.70. The largest absolute Gasteiger partial charge is 0.494 e. The molecule has 0 bridgehead atoms. The first-order chi connectivity index (χ1) is 17.7. The molecule has 0 fully saturated rings. The molecule has 0 unspecified atom stereocenters. The number of nitriles is 1. The van der Waals surface area contributed by atoms with E-state index >= 15 is 0 Å². The zero-order valence-corrected chi connectivity index (χ0v) is 21.0. The minimum absolute atomic E-state index is 0.118. The molecule has 0 spiro atoms. The first-order valence-electron chi connectivity index (χ1n) is 11.3. The van der Waals surface area contributed by atoms with Crippen molar-refractivity contribution in [1.82, 2.24) is 4.98 Å². The molecule has 37 heavy (non-hydrogen) atoms. The molecule has 3 aromatic carbocycles. The second-order valence-electron chi connectivity index (χ2n) is 8.10.